The van der Waals surface area contributed by atoms with Crippen molar-refractivity contribution in [1.29, 1.82) is 0 Å². The van der Waals surface area contributed by atoms with E-state index in [0.717, 1.165) is 10.9 Å². The molecule has 1 N–H and O–H groups in total. The highest BCUT2D eigenvalue weighted by atomic mass is 32.2. The van der Waals surface area contributed by atoms with E-state index in [1.165, 1.54) is 0 Å². The monoisotopic (exact) mass is 281 g/mol. The summed E-state index contributed by atoms with van der Waals surface area (Å²) in [6, 6.07) is 5.21. The molecule has 0 atom stereocenters. The molecule has 0 amide bonds. The predicted octanol–water partition coefficient (Wildman–Crippen LogP) is 2.69. The summed E-state index contributed by atoms with van der Waals surface area (Å²) < 4.78 is 26.0. The third kappa shape index (κ3) is 2.47. The number of aromatic hydroxyl groups is 1. The molecule has 1 heterocycles. The maximum atomic E-state index is 12.1. The van der Waals surface area contributed by atoms with Crippen molar-refractivity contribution < 1.29 is 13.5 Å². The second-order valence-corrected chi connectivity index (χ2v) is 7.53. The molecule has 5 heteroatoms. The van der Waals surface area contributed by atoms with Crippen molar-refractivity contribution in [3.63, 3.8) is 0 Å². The molecular weight excluding hydrogens is 262 g/mol. The lowest BCUT2D eigenvalue weighted by atomic mass is 10.2. The molecule has 1 aromatic heterocycles. The van der Waals surface area contributed by atoms with Crippen molar-refractivity contribution in [3.8, 4) is 5.75 Å². The van der Waals surface area contributed by atoms with Gasteiger partial charge < -0.3 is 9.67 Å². The Balaban J connectivity index is 2.60. The Hall–Kier alpha value is -1.49. The lowest BCUT2D eigenvalue weighted by Crippen LogP contribution is -2.15. The van der Waals surface area contributed by atoms with E-state index < -0.39 is 15.1 Å². The van der Waals surface area contributed by atoms with Crippen LogP contribution in [0.25, 0.3) is 10.9 Å². The average Bonchev–Trinajstić information content (AvgIpc) is 2.68. The Kier molecular flexibility index (Phi) is 3.58. The van der Waals surface area contributed by atoms with Gasteiger partial charge in [0.15, 0.2) is 9.84 Å². The van der Waals surface area contributed by atoms with E-state index in [0.29, 0.717) is 12.1 Å². The van der Waals surface area contributed by atoms with Crippen LogP contribution >= 0.6 is 0 Å². The number of fused-ring (bicyclic) bond motifs is 1. The number of hydrogen-bond acceptors (Lipinski definition) is 3. The quantitative estimate of drug-likeness (QED) is 0.937. The van der Waals surface area contributed by atoms with Gasteiger partial charge in [0.25, 0.3) is 0 Å². The van der Waals surface area contributed by atoms with Gasteiger partial charge in [-0.2, -0.15) is 0 Å². The predicted molar refractivity (Wildman–Crippen MR) is 77.0 cm³/mol. The van der Waals surface area contributed by atoms with E-state index in [1.807, 2.05) is 23.8 Å². The molecule has 0 aliphatic carbocycles. The Bertz CT molecular complexity index is 699. The van der Waals surface area contributed by atoms with Crippen LogP contribution in [0.15, 0.2) is 24.4 Å². The molecule has 0 spiro atoms. The number of aromatic nitrogens is 1. The summed E-state index contributed by atoms with van der Waals surface area (Å²) in [6.45, 7) is 6.03. The summed E-state index contributed by atoms with van der Waals surface area (Å²) >= 11 is 0. The highest BCUT2D eigenvalue weighted by Crippen LogP contribution is 2.30. The fraction of sp³-hybridized carbons (Fsp3) is 0.429. The highest BCUT2D eigenvalue weighted by Gasteiger charge is 2.20. The van der Waals surface area contributed by atoms with Crippen LogP contribution in [-0.4, -0.2) is 23.3 Å². The summed E-state index contributed by atoms with van der Waals surface area (Å²) in [4.78, 5) is 0. The third-order valence-electron chi connectivity index (χ3n) is 3.38. The first-order valence-electron chi connectivity index (χ1n) is 6.38. The van der Waals surface area contributed by atoms with Crippen molar-refractivity contribution in [2.75, 3.05) is 0 Å². The second kappa shape index (κ2) is 4.89. The lowest BCUT2D eigenvalue weighted by molar-refractivity contribution is 0.478. The van der Waals surface area contributed by atoms with E-state index in [4.69, 9.17) is 0 Å². The topological polar surface area (TPSA) is 59.3 Å². The molecular formula is C14H19NO3S. The second-order valence-electron chi connectivity index (χ2n) is 4.97. The number of phenolic OH excluding ortho intramolecular Hbond substituents is 1. The molecule has 104 valence electrons. The van der Waals surface area contributed by atoms with E-state index in [1.54, 1.807) is 26.0 Å². The van der Waals surface area contributed by atoms with Gasteiger partial charge in [-0.15, -0.1) is 0 Å². The minimum absolute atomic E-state index is 0.0115. The largest absolute Gasteiger partial charge is 0.506 e. The minimum atomic E-state index is -3.15. The van der Waals surface area contributed by atoms with Gasteiger partial charge in [0.1, 0.15) is 5.75 Å². The third-order valence-corrected chi connectivity index (χ3v) is 5.53. The van der Waals surface area contributed by atoms with Gasteiger partial charge >= 0.3 is 0 Å². The molecule has 2 rings (SSSR count). The number of hydrogen-bond donors (Lipinski definition) is 1. The lowest BCUT2D eigenvalue weighted by Gasteiger charge is -2.06. The standard InChI is InChI=1S/C14H19NO3S/c1-4-15-8-11(9-19(17,18)10(2)3)12-6-5-7-13(16)14(12)15/h5-8,10,16H,4,9H2,1-3H3. The van der Waals surface area contributed by atoms with Gasteiger partial charge in [-0.05, 0) is 32.4 Å². The molecule has 0 radical (unpaired) electrons. The van der Waals surface area contributed by atoms with Crippen molar-refractivity contribution in [2.24, 2.45) is 0 Å². The van der Waals surface area contributed by atoms with Crippen molar-refractivity contribution in [2.45, 2.75) is 38.3 Å². The van der Waals surface area contributed by atoms with Crippen LogP contribution in [0.3, 0.4) is 0 Å². The van der Waals surface area contributed by atoms with Crippen LogP contribution in [0.2, 0.25) is 0 Å². The van der Waals surface area contributed by atoms with Crippen LogP contribution in [-0.2, 0) is 22.1 Å². The number of aryl methyl sites for hydroxylation is 1. The molecule has 19 heavy (non-hydrogen) atoms. The zero-order valence-corrected chi connectivity index (χ0v) is 12.2. The van der Waals surface area contributed by atoms with Gasteiger partial charge in [-0.25, -0.2) is 8.42 Å². The fourth-order valence-electron chi connectivity index (χ4n) is 2.16. The zero-order valence-electron chi connectivity index (χ0n) is 11.4. The molecule has 0 bridgehead atoms. The Morgan fingerprint density at radius 2 is 2.00 bits per heavy atom. The molecule has 0 saturated heterocycles. The Labute approximate surface area is 113 Å². The summed E-state index contributed by atoms with van der Waals surface area (Å²) in [5, 5.41) is 10.3. The van der Waals surface area contributed by atoms with E-state index in [9.17, 15) is 13.5 Å². The van der Waals surface area contributed by atoms with Gasteiger partial charge in [0.2, 0.25) is 0 Å². The van der Waals surface area contributed by atoms with Crippen molar-refractivity contribution in [1.82, 2.24) is 4.57 Å². The normalized spacial score (nSPS) is 12.4. The molecule has 1 aromatic carbocycles. The minimum Gasteiger partial charge on any atom is -0.506 e. The molecule has 0 aliphatic heterocycles. The molecule has 0 fully saturated rings. The van der Waals surface area contributed by atoms with Gasteiger partial charge in [0.05, 0.1) is 16.5 Å². The van der Waals surface area contributed by atoms with E-state index >= 15 is 0 Å². The maximum absolute atomic E-state index is 12.1. The SMILES string of the molecule is CCn1cc(CS(=O)(=O)C(C)C)c2cccc(O)c21. The summed E-state index contributed by atoms with van der Waals surface area (Å²) in [5.74, 6) is 0.199. The maximum Gasteiger partial charge on any atom is 0.156 e. The summed E-state index contributed by atoms with van der Waals surface area (Å²) in [7, 11) is -3.15. The number of para-hydroxylation sites is 1. The smallest absolute Gasteiger partial charge is 0.156 e. The van der Waals surface area contributed by atoms with Crippen LogP contribution < -0.4 is 0 Å². The first-order valence-corrected chi connectivity index (χ1v) is 8.09. The van der Waals surface area contributed by atoms with Crippen LogP contribution in [0.1, 0.15) is 26.3 Å². The first-order chi connectivity index (χ1) is 8.86. The Morgan fingerprint density at radius 1 is 1.32 bits per heavy atom. The highest BCUT2D eigenvalue weighted by molar-refractivity contribution is 7.91. The Morgan fingerprint density at radius 3 is 2.58 bits per heavy atom. The van der Waals surface area contributed by atoms with Crippen LogP contribution in [0.5, 0.6) is 5.75 Å². The molecule has 0 unspecified atom stereocenters. The summed E-state index contributed by atoms with van der Waals surface area (Å²) in [5.41, 5.74) is 1.46. The average molecular weight is 281 g/mol. The van der Waals surface area contributed by atoms with Crippen LogP contribution in [0.4, 0.5) is 0 Å². The summed E-state index contributed by atoms with van der Waals surface area (Å²) in [6.07, 6.45) is 1.82. The van der Waals surface area contributed by atoms with E-state index in [2.05, 4.69) is 0 Å². The molecule has 0 aliphatic rings. The van der Waals surface area contributed by atoms with Gasteiger partial charge in [-0.1, -0.05) is 12.1 Å². The number of sulfone groups is 1. The molecule has 0 saturated carbocycles. The van der Waals surface area contributed by atoms with E-state index in [-0.39, 0.29) is 11.5 Å². The van der Waals surface area contributed by atoms with Crippen LogP contribution in [0, 0.1) is 0 Å². The van der Waals surface area contributed by atoms with Gasteiger partial charge in [0, 0.05) is 18.1 Å². The number of nitrogens with zero attached hydrogens (tertiary/aromatic N) is 1. The first kappa shape index (κ1) is 13.9. The van der Waals surface area contributed by atoms with Crippen molar-refractivity contribution in [3.05, 3.63) is 30.0 Å². The van der Waals surface area contributed by atoms with Gasteiger partial charge in [-0.3, -0.25) is 0 Å². The van der Waals surface area contributed by atoms with Crippen molar-refractivity contribution >= 4 is 20.7 Å². The number of benzene rings is 1. The number of rotatable bonds is 4. The zero-order chi connectivity index (χ0) is 14.2. The molecule has 4 nitrogen and oxygen atoms in total. The molecule has 2 aromatic rings. The number of phenols is 1. The fourth-order valence-corrected chi connectivity index (χ4v) is 3.16.